The van der Waals surface area contributed by atoms with Crippen LogP contribution in [0.5, 0.6) is 0 Å². The number of sulfone groups is 1. The monoisotopic (exact) mass is 306 g/mol. The molecule has 1 aliphatic rings. The predicted molar refractivity (Wildman–Crippen MR) is 76.5 cm³/mol. The van der Waals surface area contributed by atoms with Crippen molar-refractivity contribution in [2.24, 2.45) is 0 Å². The molecule has 1 radical (unpaired) electrons. The number of hydrogen-bond donors (Lipinski definition) is 0. The highest BCUT2D eigenvalue weighted by atomic mass is 32.2. The molecule has 1 aliphatic heterocycles. The summed E-state index contributed by atoms with van der Waals surface area (Å²) < 4.78 is 38.7. The molecule has 0 unspecified atom stereocenters. The van der Waals surface area contributed by atoms with Crippen LogP contribution in [0.1, 0.15) is 17.5 Å². The zero-order valence-electron chi connectivity index (χ0n) is 11.1. The Morgan fingerprint density at radius 3 is 2.86 bits per heavy atom. The number of rotatable bonds is 3. The predicted octanol–water partition coefficient (Wildman–Crippen LogP) is 1.68. The molecule has 0 saturated heterocycles. The van der Waals surface area contributed by atoms with Gasteiger partial charge in [0.15, 0.2) is 9.84 Å². The van der Waals surface area contributed by atoms with Gasteiger partial charge in [-0.3, -0.25) is 0 Å². The molecule has 0 aliphatic carbocycles. The lowest BCUT2D eigenvalue weighted by molar-refractivity contribution is 0.596. The standard InChI is InChI=1S/C14H13FN3O2S/c15-13-3-1-2-12(10-18-7-6-16-17-18)14(13)11-4-8-21(19,20)9-5-11/h1-4,6-7,10H,5,8-9H2. The topological polar surface area (TPSA) is 64.8 Å². The molecule has 0 amide bonds. The summed E-state index contributed by atoms with van der Waals surface area (Å²) in [5.41, 5.74) is 1.79. The van der Waals surface area contributed by atoms with Crippen molar-refractivity contribution in [3.05, 3.63) is 60.2 Å². The summed E-state index contributed by atoms with van der Waals surface area (Å²) in [6.45, 7) is 1.66. The van der Waals surface area contributed by atoms with Crippen LogP contribution in [-0.2, 0) is 9.84 Å². The number of hydrogen-bond acceptors (Lipinski definition) is 4. The van der Waals surface area contributed by atoms with Crippen LogP contribution >= 0.6 is 0 Å². The number of aromatic nitrogens is 3. The summed E-state index contributed by atoms with van der Waals surface area (Å²) in [5, 5.41) is 7.52. The van der Waals surface area contributed by atoms with Gasteiger partial charge in [0.1, 0.15) is 12.4 Å². The molecule has 0 bridgehead atoms. The van der Waals surface area contributed by atoms with Gasteiger partial charge in [-0.2, -0.15) is 0 Å². The van der Waals surface area contributed by atoms with Gasteiger partial charge in [-0.1, -0.05) is 23.4 Å². The van der Waals surface area contributed by atoms with E-state index in [-0.39, 0.29) is 17.3 Å². The first kappa shape index (κ1) is 13.9. The minimum Gasteiger partial charge on any atom is -0.243 e. The van der Waals surface area contributed by atoms with Crippen LogP contribution in [0.3, 0.4) is 0 Å². The van der Waals surface area contributed by atoms with Crippen LogP contribution < -0.4 is 0 Å². The molecule has 0 atom stereocenters. The maximum Gasteiger partial charge on any atom is 0.154 e. The summed E-state index contributed by atoms with van der Waals surface area (Å²) in [7, 11) is -3.04. The smallest absolute Gasteiger partial charge is 0.154 e. The van der Waals surface area contributed by atoms with E-state index in [0.717, 1.165) is 0 Å². The first-order valence-electron chi connectivity index (χ1n) is 6.44. The van der Waals surface area contributed by atoms with Crippen LogP contribution in [0.4, 0.5) is 4.39 Å². The van der Waals surface area contributed by atoms with Gasteiger partial charge >= 0.3 is 0 Å². The Bertz CT molecular complexity index is 783. The summed E-state index contributed by atoms with van der Waals surface area (Å²) in [4.78, 5) is 0. The van der Waals surface area contributed by atoms with Gasteiger partial charge in [0.25, 0.3) is 0 Å². The van der Waals surface area contributed by atoms with Crippen molar-refractivity contribution in [1.82, 2.24) is 15.0 Å². The molecule has 0 saturated carbocycles. The van der Waals surface area contributed by atoms with Crippen LogP contribution in [0.15, 0.2) is 36.7 Å². The fourth-order valence-corrected chi connectivity index (χ4v) is 3.47. The summed E-state index contributed by atoms with van der Waals surface area (Å²) in [6.07, 6.45) is 5.09. The SMILES string of the molecule is O=S1(=O)CC=C(c2c(F)cccc2[CH]n2ccnn2)CC1. The number of halogens is 1. The lowest BCUT2D eigenvalue weighted by atomic mass is 9.96. The van der Waals surface area contributed by atoms with Crippen molar-refractivity contribution < 1.29 is 12.8 Å². The van der Waals surface area contributed by atoms with Crippen molar-refractivity contribution in [1.29, 1.82) is 0 Å². The Labute approximate surface area is 122 Å². The van der Waals surface area contributed by atoms with Gasteiger partial charge in [-0.15, -0.1) is 5.10 Å². The van der Waals surface area contributed by atoms with E-state index in [1.165, 1.54) is 16.9 Å². The minimum absolute atomic E-state index is 0.0422. The Kier molecular flexibility index (Phi) is 3.59. The Morgan fingerprint density at radius 2 is 2.19 bits per heavy atom. The van der Waals surface area contributed by atoms with Crippen molar-refractivity contribution in [3.8, 4) is 0 Å². The summed E-state index contributed by atoms with van der Waals surface area (Å²) in [6, 6.07) is 4.75. The van der Waals surface area contributed by atoms with Crippen molar-refractivity contribution in [3.63, 3.8) is 0 Å². The third-order valence-corrected chi connectivity index (χ3v) is 4.85. The molecule has 5 nitrogen and oxygen atoms in total. The Morgan fingerprint density at radius 1 is 1.33 bits per heavy atom. The largest absolute Gasteiger partial charge is 0.243 e. The average molecular weight is 306 g/mol. The second-order valence-corrected chi connectivity index (χ2v) is 7.04. The molecule has 0 N–H and O–H groups in total. The summed E-state index contributed by atoms with van der Waals surface area (Å²) >= 11 is 0. The molecule has 1 aromatic carbocycles. The highest BCUT2D eigenvalue weighted by Crippen LogP contribution is 2.29. The zero-order valence-corrected chi connectivity index (χ0v) is 11.9. The Hall–Kier alpha value is -2.02. The fraction of sp³-hybridized carbons (Fsp3) is 0.214. The number of nitrogens with zero attached hydrogens (tertiary/aromatic N) is 3. The molecule has 1 aromatic heterocycles. The van der Waals surface area contributed by atoms with E-state index >= 15 is 0 Å². The van der Waals surface area contributed by atoms with Crippen molar-refractivity contribution in [2.75, 3.05) is 11.5 Å². The molecule has 2 aromatic rings. The highest BCUT2D eigenvalue weighted by molar-refractivity contribution is 7.91. The van der Waals surface area contributed by atoms with E-state index < -0.39 is 9.84 Å². The van der Waals surface area contributed by atoms with Crippen molar-refractivity contribution in [2.45, 2.75) is 6.42 Å². The molecule has 0 fully saturated rings. The second-order valence-electron chi connectivity index (χ2n) is 4.81. The summed E-state index contributed by atoms with van der Waals surface area (Å²) in [5.74, 6) is -0.357. The van der Waals surface area contributed by atoms with E-state index in [2.05, 4.69) is 10.3 Å². The third-order valence-electron chi connectivity index (χ3n) is 3.35. The van der Waals surface area contributed by atoms with Gasteiger partial charge in [0, 0.05) is 11.8 Å². The second kappa shape index (κ2) is 5.40. The molecule has 2 heterocycles. The molecular weight excluding hydrogens is 293 g/mol. The van der Waals surface area contributed by atoms with E-state index in [9.17, 15) is 12.8 Å². The molecule has 7 heteroatoms. The molecular formula is C14H13FN3O2S. The minimum atomic E-state index is -3.04. The first-order valence-corrected chi connectivity index (χ1v) is 8.26. The zero-order chi connectivity index (χ0) is 14.9. The molecule has 21 heavy (non-hydrogen) atoms. The highest BCUT2D eigenvalue weighted by Gasteiger charge is 2.21. The number of allylic oxidation sites excluding steroid dienone is 1. The van der Waals surface area contributed by atoms with E-state index in [0.29, 0.717) is 23.1 Å². The molecule has 0 spiro atoms. The lowest BCUT2D eigenvalue weighted by Crippen LogP contribution is -2.16. The Balaban J connectivity index is 2.00. The van der Waals surface area contributed by atoms with Gasteiger partial charge in [-0.05, 0) is 23.6 Å². The molecule has 3 rings (SSSR count). The maximum atomic E-state index is 14.2. The van der Waals surface area contributed by atoms with Gasteiger partial charge in [-0.25, -0.2) is 17.5 Å². The van der Waals surface area contributed by atoms with Crippen LogP contribution in [-0.4, -0.2) is 34.9 Å². The van der Waals surface area contributed by atoms with Gasteiger partial charge < -0.3 is 0 Å². The fourth-order valence-electron chi connectivity index (χ4n) is 2.32. The van der Waals surface area contributed by atoms with Crippen LogP contribution in [0, 0.1) is 12.4 Å². The van der Waals surface area contributed by atoms with E-state index in [4.69, 9.17) is 0 Å². The van der Waals surface area contributed by atoms with E-state index in [1.807, 2.05) is 0 Å². The third kappa shape index (κ3) is 3.02. The van der Waals surface area contributed by atoms with Crippen LogP contribution in [0.2, 0.25) is 0 Å². The van der Waals surface area contributed by atoms with Crippen molar-refractivity contribution >= 4 is 15.4 Å². The normalized spacial score (nSPS) is 17.5. The number of benzene rings is 1. The van der Waals surface area contributed by atoms with E-state index in [1.54, 1.807) is 31.0 Å². The van der Waals surface area contributed by atoms with Gasteiger partial charge in [0.05, 0.1) is 17.7 Å². The average Bonchev–Trinajstić information content (AvgIpc) is 2.93. The molecule has 109 valence electrons. The van der Waals surface area contributed by atoms with Crippen LogP contribution in [0.25, 0.3) is 5.57 Å². The quantitative estimate of drug-likeness (QED) is 0.865. The maximum absolute atomic E-state index is 14.2. The lowest BCUT2D eigenvalue weighted by Gasteiger charge is -2.17. The first-order chi connectivity index (χ1) is 10.1. The van der Waals surface area contributed by atoms with Gasteiger partial charge in [0.2, 0.25) is 0 Å².